The van der Waals surface area contributed by atoms with Crippen molar-refractivity contribution in [3.05, 3.63) is 17.8 Å². The van der Waals surface area contributed by atoms with Crippen molar-refractivity contribution < 1.29 is 4.42 Å². The second kappa shape index (κ2) is 12.0. The minimum Gasteiger partial charge on any atom is -0.443 e. The maximum absolute atomic E-state index is 5.82. The van der Waals surface area contributed by atoms with Gasteiger partial charge in [-0.25, -0.2) is 9.98 Å². The van der Waals surface area contributed by atoms with Crippen LogP contribution in [-0.2, 0) is 12.0 Å². The second-order valence-corrected chi connectivity index (χ2v) is 9.05. The molecule has 0 amide bonds. The van der Waals surface area contributed by atoms with E-state index in [0.29, 0.717) is 12.4 Å². The van der Waals surface area contributed by atoms with Crippen LogP contribution in [0.2, 0.25) is 0 Å². The molecule has 0 radical (unpaired) electrons. The molecule has 1 fully saturated rings. The van der Waals surface area contributed by atoms with Crippen molar-refractivity contribution in [3.63, 3.8) is 0 Å². The number of oxazole rings is 1. The lowest BCUT2D eigenvalue weighted by Gasteiger charge is -2.35. The summed E-state index contributed by atoms with van der Waals surface area (Å²) < 4.78 is 5.82. The van der Waals surface area contributed by atoms with Gasteiger partial charge >= 0.3 is 0 Å². The molecule has 162 valence electrons. The largest absolute Gasteiger partial charge is 0.443 e. The Hall–Kier alpha value is -0.830. The van der Waals surface area contributed by atoms with Gasteiger partial charge in [-0.3, -0.25) is 0 Å². The van der Waals surface area contributed by atoms with Crippen molar-refractivity contribution in [3.8, 4) is 0 Å². The number of guanidine groups is 1. The van der Waals surface area contributed by atoms with Gasteiger partial charge in [-0.15, -0.1) is 24.0 Å². The van der Waals surface area contributed by atoms with E-state index in [1.165, 1.54) is 19.5 Å². The third-order valence-electron chi connectivity index (χ3n) is 4.90. The Labute approximate surface area is 188 Å². The van der Waals surface area contributed by atoms with Crippen LogP contribution >= 0.6 is 24.0 Å². The molecule has 0 saturated carbocycles. The van der Waals surface area contributed by atoms with Gasteiger partial charge in [0.05, 0.1) is 6.20 Å². The molecule has 2 unspecified atom stereocenters. The van der Waals surface area contributed by atoms with Gasteiger partial charge in [-0.05, 0) is 38.1 Å². The minimum atomic E-state index is -0.0266. The van der Waals surface area contributed by atoms with Gasteiger partial charge in [0, 0.05) is 31.6 Å². The van der Waals surface area contributed by atoms with E-state index in [1.54, 1.807) is 0 Å². The fourth-order valence-corrected chi connectivity index (χ4v) is 3.70. The topological polar surface area (TPSA) is 65.7 Å². The Morgan fingerprint density at radius 1 is 1.25 bits per heavy atom. The highest BCUT2D eigenvalue weighted by Gasteiger charge is 2.21. The average molecular weight is 505 g/mol. The Balaban J connectivity index is 0.00000392. The number of rotatable bonds is 7. The number of piperidine rings is 1. The monoisotopic (exact) mass is 505 g/mol. The highest BCUT2D eigenvalue weighted by Crippen LogP contribution is 2.23. The minimum absolute atomic E-state index is 0. The molecule has 28 heavy (non-hydrogen) atoms. The van der Waals surface area contributed by atoms with E-state index in [2.05, 4.69) is 67.1 Å². The highest BCUT2D eigenvalue weighted by atomic mass is 127. The van der Waals surface area contributed by atoms with Gasteiger partial charge in [0.1, 0.15) is 12.3 Å². The molecule has 2 N–H and O–H groups in total. The first-order valence-corrected chi connectivity index (χ1v) is 10.5. The van der Waals surface area contributed by atoms with Crippen LogP contribution in [0.15, 0.2) is 15.6 Å². The molecule has 1 aromatic rings. The number of nitrogens with zero attached hydrogens (tertiary/aromatic N) is 3. The summed E-state index contributed by atoms with van der Waals surface area (Å²) in [5, 5.41) is 6.73. The molecule has 1 aliphatic heterocycles. The second-order valence-electron chi connectivity index (χ2n) is 9.05. The normalized spacial score (nSPS) is 21.3. The predicted octanol–water partition coefficient (Wildman–Crippen LogP) is 4.01. The molecule has 1 aromatic heterocycles. The number of aliphatic imine (C=N–C) groups is 1. The fraction of sp³-hybridized carbons (Fsp3) is 0.810. The molecule has 2 heterocycles. The van der Waals surface area contributed by atoms with E-state index in [9.17, 15) is 0 Å². The molecule has 6 nitrogen and oxygen atoms in total. The summed E-state index contributed by atoms with van der Waals surface area (Å²) >= 11 is 0. The zero-order valence-corrected chi connectivity index (χ0v) is 20.9. The summed E-state index contributed by atoms with van der Waals surface area (Å²) in [5.74, 6) is 4.02. The molecular weight excluding hydrogens is 465 g/mol. The van der Waals surface area contributed by atoms with E-state index >= 15 is 0 Å². The van der Waals surface area contributed by atoms with Crippen LogP contribution in [0.5, 0.6) is 0 Å². The number of halogens is 1. The maximum atomic E-state index is 5.82. The quantitative estimate of drug-likeness (QED) is 0.254. The molecule has 0 aromatic carbocycles. The Bertz CT molecular complexity index is 586. The van der Waals surface area contributed by atoms with Crippen molar-refractivity contribution in [1.29, 1.82) is 0 Å². The Morgan fingerprint density at radius 2 is 1.93 bits per heavy atom. The zero-order valence-electron chi connectivity index (χ0n) is 18.5. The average Bonchev–Trinajstić information content (AvgIpc) is 3.05. The van der Waals surface area contributed by atoms with Crippen molar-refractivity contribution in [1.82, 2.24) is 20.5 Å². The summed E-state index contributed by atoms with van der Waals surface area (Å²) in [6.45, 7) is 19.0. The van der Waals surface area contributed by atoms with E-state index in [1.807, 2.05) is 6.20 Å². The first-order valence-electron chi connectivity index (χ1n) is 10.5. The molecule has 1 saturated heterocycles. The Kier molecular flexibility index (Phi) is 10.8. The third-order valence-corrected chi connectivity index (χ3v) is 4.90. The van der Waals surface area contributed by atoms with Gasteiger partial charge in [-0.2, -0.15) is 0 Å². The highest BCUT2D eigenvalue weighted by molar-refractivity contribution is 14.0. The molecule has 0 bridgehead atoms. The summed E-state index contributed by atoms with van der Waals surface area (Å²) in [6, 6.07) is 0. The molecule has 2 atom stereocenters. The van der Waals surface area contributed by atoms with Crippen molar-refractivity contribution in [2.75, 3.05) is 32.7 Å². The van der Waals surface area contributed by atoms with E-state index in [-0.39, 0.29) is 29.4 Å². The van der Waals surface area contributed by atoms with Crippen LogP contribution in [0.4, 0.5) is 0 Å². The van der Waals surface area contributed by atoms with Crippen LogP contribution < -0.4 is 10.6 Å². The number of hydrogen-bond donors (Lipinski definition) is 2. The molecule has 2 rings (SSSR count). The van der Waals surface area contributed by atoms with Crippen LogP contribution in [0, 0.1) is 11.8 Å². The van der Waals surface area contributed by atoms with Gasteiger partial charge < -0.3 is 20.0 Å². The van der Waals surface area contributed by atoms with Crippen LogP contribution in [0.1, 0.15) is 66.0 Å². The lowest BCUT2D eigenvalue weighted by Crippen LogP contribution is -2.41. The maximum Gasteiger partial charge on any atom is 0.216 e. The first kappa shape index (κ1) is 25.2. The van der Waals surface area contributed by atoms with E-state index in [4.69, 9.17) is 4.42 Å². The summed E-state index contributed by atoms with van der Waals surface area (Å²) in [4.78, 5) is 11.6. The van der Waals surface area contributed by atoms with Gasteiger partial charge in [0.2, 0.25) is 5.89 Å². The lowest BCUT2D eigenvalue weighted by atomic mass is 9.92. The molecule has 0 aliphatic carbocycles. The molecule has 0 spiro atoms. The molecule has 7 heteroatoms. The van der Waals surface area contributed by atoms with Crippen molar-refractivity contribution in [2.24, 2.45) is 16.8 Å². The molecule has 1 aliphatic rings. The third kappa shape index (κ3) is 8.68. The number of likely N-dealkylation sites (tertiary alicyclic amines) is 1. The van der Waals surface area contributed by atoms with Gasteiger partial charge in [0.15, 0.2) is 5.96 Å². The lowest BCUT2D eigenvalue weighted by molar-refractivity contribution is 0.140. The smallest absolute Gasteiger partial charge is 0.216 e. The van der Waals surface area contributed by atoms with Crippen molar-refractivity contribution in [2.45, 2.75) is 66.3 Å². The van der Waals surface area contributed by atoms with Crippen LogP contribution in [0.25, 0.3) is 0 Å². The van der Waals surface area contributed by atoms with E-state index in [0.717, 1.165) is 49.6 Å². The summed E-state index contributed by atoms with van der Waals surface area (Å²) in [7, 11) is 0. The Morgan fingerprint density at radius 3 is 2.50 bits per heavy atom. The predicted molar refractivity (Wildman–Crippen MR) is 127 cm³/mol. The van der Waals surface area contributed by atoms with Crippen LogP contribution in [0.3, 0.4) is 0 Å². The van der Waals surface area contributed by atoms with Crippen LogP contribution in [-0.4, -0.2) is 48.6 Å². The summed E-state index contributed by atoms with van der Waals surface area (Å²) in [5.41, 5.74) is -0.0266. The number of aromatic nitrogens is 1. The van der Waals surface area contributed by atoms with E-state index < -0.39 is 0 Å². The standard InChI is InChI=1S/C21H39N5O.HI/c1-7-22-20(25-13-19-24-12-18(27-19)21(4,5)6)23-9-8-10-26-14-16(2)11-17(3)15-26;/h12,16-17H,7-11,13-15H2,1-6H3,(H2,22,23,25);1H. The number of nitrogens with one attached hydrogen (secondary N) is 2. The number of hydrogen-bond acceptors (Lipinski definition) is 4. The zero-order chi connectivity index (χ0) is 19.9. The fourth-order valence-electron chi connectivity index (χ4n) is 3.70. The van der Waals surface area contributed by atoms with Gasteiger partial charge in [0.25, 0.3) is 0 Å². The SMILES string of the molecule is CCNC(=NCc1ncc(C(C)(C)C)o1)NCCCN1CC(C)CC(C)C1.I. The van der Waals surface area contributed by atoms with Gasteiger partial charge in [-0.1, -0.05) is 34.6 Å². The van der Waals surface area contributed by atoms with Crippen molar-refractivity contribution >= 4 is 29.9 Å². The summed E-state index contributed by atoms with van der Waals surface area (Å²) in [6.07, 6.45) is 4.30. The molecular formula is C21H40IN5O. The first-order chi connectivity index (χ1) is 12.8.